The van der Waals surface area contributed by atoms with Gasteiger partial charge in [-0.2, -0.15) is 0 Å². The number of hydrogen-bond acceptors (Lipinski definition) is 2. The van der Waals surface area contributed by atoms with Crippen LogP contribution in [-0.2, 0) is 0 Å². The van der Waals surface area contributed by atoms with E-state index in [0.717, 1.165) is 24.5 Å². The average Bonchev–Trinajstić information content (AvgIpc) is 2.37. The van der Waals surface area contributed by atoms with E-state index in [-0.39, 0.29) is 0 Å². The van der Waals surface area contributed by atoms with Crippen LogP contribution in [0, 0.1) is 5.92 Å². The van der Waals surface area contributed by atoms with Gasteiger partial charge in [0.15, 0.2) is 0 Å². The number of rotatable bonds is 8. The van der Waals surface area contributed by atoms with Gasteiger partial charge in [-0.15, -0.1) is 0 Å². The third-order valence-electron chi connectivity index (χ3n) is 4.24. The fourth-order valence-corrected chi connectivity index (χ4v) is 3.12. The summed E-state index contributed by atoms with van der Waals surface area (Å²) in [6.45, 7) is 13.0. The zero-order valence-electron chi connectivity index (χ0n) is 13.0. The van der Waals surface area contributed by atoms with Crippen LogP contribution in [0.2, 0.25) is 0 Å². The molecule has 0 spiro atoms. The molecule has 1 heterocycles. The number of nitrogens with one attached hydrogen (secondary N) is 1. The van der Waals surface area contributed by atoms with Gasteiger partial charge < -0.3 is 5.32 Å². The Labute approximate surface area is 115 Å². The van der Waals surface area contributed by atoms with Crippen molar-refractivity contribution in [3.63, 3.8) is 0 Å². The van der Waals surface area contributed by atoms with E-state index in [1.807, 2.05) is 0 Å². The number of hydrogen-bond donors (Lipinski definition) is 1. The molecule has 1 N–H and O–H groups in total. The fourth-order valence-electron chi connectivity index (χ4n) is 3.12. The molecule has 0 saturated carbocycles. The summed E-state index contributed by atoms with van der Waals surface area (Å²) in [6, 6.07) is 1.63. The second-order valence-electron chi connectivity index (χ2n) is 6.38. The highest BCUT2D eigenvalue weighted by Gasteiger charge is 2.24. The Kier molecular flexibility index (Phi) is 7.92. The van der Waals surface area contributed by atoms with Gasteiger partial charge >= 0.3 is 0 Å². The molecule has 0 bridgehead atoms. The van der Waals surface area contributed by atoms with E-state index in [4.69, 9.17) is 0 Å². The zero-order valence-corrected chi connectivity index (χ0v) is 13.0. The van der Waals surface area contributed by atoms with Crippen LogP contribution in [0.3, 0.4) is 0 Å². The van der Waals surface area contributed by atoms with Gasteiger partial charge in [-0.1, -0.05) is 27.2 Å². The van der Waals surface area contributed by atoms with E-state index in [2.05, 4.69) is 37.9 Å². The molecule has 1 fully saturated rings. The molecule has 0 radical (unpaired) electrons. The highest BCUT2D eigenvalue weighted by molar-refractivity contribution is 4.80. The van der Waals surface area contributed by atoms with Gasteiger partial charge in [-0.05, 0) is 64.6 Å². The van der Waals surface area contributed by atoms with Crippen LogP contribution in [0.4, 0.5) is 0 Å². The van der Waals surface area contributed by atoms with Crippen molar-refractivity contribution < 1.29 is 0 Å². The van der Waals surface area contributed by atoms with Gasteiger partial charge in [0.1, 0.15) is 0 Å². The Morgan fingerprint density at radius 2 is 2.00 bits per heavy atom. The summed E-state index contributed by atoms with van der Waals surface area (Å²) in [4.78, 5) is 2.77. The van der Waals surface area contributed by atoms with Crippen molar-refractivity contribution >= 4 is 0 Å². The summed E-state index contributed by atoms with van der Waals surface area (Å²) in [6.07, 6.45) is 8.27. The van der Waals surface area contributed by atoms with Gasteiger partial charge in [0.25, 0.3) is 0 Å². The van der Waals surface area contributed by atoms with Crippen LogP contribution >= 0.6 is 0 Å². The molecule has 18 heavy (non-hydrogen) atoms. The van der Waals surface area contributed by atoms with Crippen LogP contribution in [0.1, 0.15) is 66.2 Å². The minimum atomic E-state index is 0.772. The van der Waals surface area contributed by atoms with Crippen molar-refractivity contribution in [1.29, 1.82) is 0 Å². The lowest BCUT2D eigenvalue weighted by Crippen LogP contribution is -2.44. The van der Waals surface area contributed by atoms with Crippen LogP contribution in [0.15, 0.2) is 0 Å². The Morgan fingerprint density at radius 1 is 1.22 bits per heavy atom. The Balaban J connectivity index is 2.16. The molecule has 1 rings (SSSR count). The predicted molar refractivity (Wildman–Crippen MR) is 81.0 cm³/mol. The quantitative estimate of drug-likeness (QED) is 0.665. The topological polar surface area (TPSA) is 15.3 Å². The average molecular weight is 254 g/mol. The van der Waals surface area contributed by atoms with Gasteiger partial charge in [0, 0.05) is 12.1 Å². The minimum Gasteiger partial charge on any atom is -0.316 e. The fraction of sp³-hybridized carbons (Fsp3) is 1.00. The predicted octanol–water partition coefficient (Wildman–Crippen LogP) is 3.67. The first-order valence-electron chi connectivity index (χ1n) is 8.11. The summed E-state index contributed by atoms with van der Waals surface area (Å²) in [5.41, 5.74) is 0. The molecule has 0 aromatic rings. The van der Waals surface area contributed by atoms with Gasteiger partial charge in [0.05, 0.1) is 0 Å². The molecule has 1 saturated heterocycles. The first kappa shape index (κ1) is 16.0. The van der Waals surface area contributed by atoms with Crippen molar-refractivity contribution in [2.75, 3.05) is 19.6 Å². The van der Waals surface area contributed by atoms with Gasteiger partial charge in [0.2, 0.25) is 0 Å². The second-order valence-corrected chi connectivity index (χ2v) is 6.38. The smallest absolute Gasteiger partial charge is 0.00954 e. The summed E-state index contributed by atoms with van der Waals surface area (Å²) >= 11 is 0. The first-order valence-corrected chi connectivity index (χ1v) is 8.11. The Bertz CT molecular complexity index is 203. The number of piperidine rings is 1. The molecule has 2 unspecified atom stereocenters. The number of nitrogens with zero attached hydrogens (tertiary/aromatic N) is 1. The van der Waals surface area contributed by atoms with E-state index in [1.54, 1.807) is 0 Å². The molecular formula is C16H34N2. The van der Waals surface area contributed by atoms with E-state index in [0.29, 0.717) is 0 Å². The third-order valence-corrected chi connectivity index (χ3v) is 4.24. The maximum Gasteiger partial charge on any atom is 0.00954 e. The minimum absolute atomic E-state index is 0.772. The lowest BCUT2D eigenvalue weighted by Gasteiger charge is -2.39. The largest absolute Gasteiger partial charge is 0.316 e. The molecule has 108 valence electrons. The lowest BCUT2D eigenvalue weighted by atomic mass is 9.97. The monoisotopic (exact) mass is 254 g/mol. The van der Waals surface area contributed by atoms with Crippen molar-refractivity contribution in [3.05, 3.63) is 0 Å². The molecule has 2 nitrogen and oxygen atoms in total. The van der Waals surface area contributed by atoms with Crippen LogP contribution in [0.5, 0.6) is 0 Å². The summed E-state index contributed by atoms with van der Waals surface area (Å²) in [7, 11) is 0. The zero-order chi connectivity index (χ0) is 13.4. The molecule has 0 amide bonds. The highest BCUT2D eigenvalue weighted by Crippen LogP contribution is 2.23. The molecule has 0 aliphatic carbocycles. The maximum absolute atomic E-state index is 3.55. The Hall–Kier alpha value is -0.0800. The SMILES string of the molecule is CCC1CCCCN1C(C)CCCNCC(C)C. The van der Waals surface area contributed by atoms with E-state index in [1.165, 1.54) is 51.6 Å². The normalized spacial score (nSPS) is 23.5. The van der Waals surface area contributed by atoms with Crippen LogP contribution in [-0.4, -0.2) is 36.6 Å². The van der Waals surface area contributed by atoms with Crippen molar-refractivity contribution in [1.82, 2.24) is 10.2 Å². The molecule has 2 heteroatoms. The molecule has 2 atom stereocenters. The lowest BCUT2D eigenvalue weighted by molar-refractivity contribution is 0.0943. The molecule has 0 aromatic heterocycles. The van der Waals surface area contributed by atoms with Crippen LogP contribution in [0.25, 0.3) is 0 Å². The maximum atomic E-state index is 3.55. The number of likely N-dealkylation sites (tertiary alicyclic amines) is 1. The van der Waals surface area contributed by atoms with E-state index in [9.17, 15) is 0 Å². The third kappa shape index (κ3) is 5.71. The first-order chi connectivity index (χ1) is 8.65. The van der Waals surface area contributed by atoms with E-state index >= 15 is 0 Å². The molecular weight excluding hydrogens is 220 g/mol. The van der Waals surface area contributed by atoms with Crippen molar-refractivity contribution in [2.24, 2.45) is 5.92 Å². The van der Waals surface area contributed by atoms with Crippen LogP contribution < -0.4 is 5.32 Å². The molecule has 1 aliphatic rings. The van der Waals surface area contributed by atoms with Gasteiger partial charge in [-0.25, -0.2) is 0 Å². The van der Waals surface area contributed by atoms with Gasteiger partial charge in [-0.3, -0.25) is 4.90 Å². The molecule has 0 aromatic carbocycles. The van der Waals surface area contributed by atoms with Crippen molar-refractivity contribution in [2.45, 2.75) is 78.3 Å². The summed E-state index contributed by atoms with van der Waals surface area (Å²) in [5, 5.41) is 3.55. The standard InChI is InChI=1S/C16H34N2/c1-5-16-10-6-7-12-18(16)15(4)9-8-11-17-13-14(2)3/h14-17H,5-13H2,1-4H3. The van der Waals surface area contributed by atoms with E-state index < -0.39 is 0 Å². The highest BCUT2D eigenvalue weighted by atomic mass is 15.2. The Morgan fingerprint density at radius 3 is 2.67 bits per heavy atom. The molecule has 1 aliphatic heterocycles. The summed E-state index contributed by atoms with van der Waals surface area (Å²) in [5.74, 6) is 0.772. The summed E-state index contributed by atoms with van der Waals surface area (Å²) < 4.78 is 0. The second kappa shape index (κ2) is 8.92. The van der Waals surface area contributed by atoms with Crippen molar-refractivity contribution in [3.8, 4) is 0 Å².